The molecule has 0 aliphatic rings. The topological polar surface area (TPSA) is 105 Å². The van der Waals surface area contributed by atoms with Gasteiger partial charge in [0.2, 0.25) is 0 Å². The largest absolute Gasteiger partial charge is 0.344 e. The number of thiophene rings is 1. The summed E-state index contributed by atoms with van der Waals surface area (Å²) in [5, 5.41) is 14.6. The smallest absolute Gasteiger partial charge is 0.270 e. The van der Waals surface area contributed by atoms with Gasteiger partial charge in [-0.1, -0.05) is 22.9 Å². The molecule has 0 fully saturated rings. The molecule has 0 radical (unpaired) electrons. The van der Waals surface area contributed by atoms with E-state index in [1.165, 1.54) is 23.1 Å². The number of nitro groups is 1. The molecule has 11 heteroatoms. The summed E-state index contributed by atoms with van der Waals surface area (Å²) in [5.41, 5.74) is 0.446. The van der Waals surface area contributed by atoms with Crippen molar-refractivity contribution in [3.05, 3.63) is 48.8 Å². The lowest BCUT2D eigenvalue weighted by Crippen LogP contribution is -2.21. The number of fused-ring (bicyclic) bond motifs is 1. The van der Waals surface area contributed by atoms with Gasteiger partial charge < -0.3 is 4.90 Å². The van der Waals surface area contributed by atoms with E-state index in [9.17, 15) is 19.7 Å². The van der Waals surface area contributed by atoms with Crippen LogP contribution in [0.1, 0.15) is 25.0 Å². The Labute approximate surface area is 166 Å². The quantitative estimate of drug-likeness (QED) is 0.499. The maximum Gasteiger partial charge on any atom is 0.270 e. The molecule has 0 atom stereocenters. The summed E-state index contributed by atoms with van der Waals surface area (Å²) in [6.45, 7) is 1.69. The summed E-state index contributed by atoms with van der Waals surface area (Å²) in [4.78, 5) is 41.4. The van der Waals surface area contributed by atoms with E-state index in [1.807, 2.05) is 0 Å². The van der Waals surface area contributed by atoms with E-state index in [2.05, 4.69) is 10.3 Å². The van der Waals surface area contributed by atoms with Gasteiger partial charge in [0.15, 0.2) is 5.13 Å². The number of hydrogen-bond acceptors (Lipinski definition) is 7. The van der Waals surface area contributed by atoms with E-state index >= 15 is 0 Å². The Bertz CT molecular complexity index is 1090. The van der Waals surface area contributed by atoms with Crippen molar-refractivity contribution in [1.82, 2.24) is 9.88 Å². The summed E-state index contributed by atoms with van der Waals surface area (Å²) in [6, 6.07) is 4.24. The number of nitro benzene ring substituents is 1. The van der Waals surface area contributed by atoms with Crippen molar-refractivity contribution in [3.63, 3.8) is 0 Å². The van der Waals surface area contributed by atoms with E-state index in [-0.39, 0.29) is 26.6 Å². The van der Waals surface area contributed by atoms with Crippen LogP contribution in [-0.2, 0) is 0 Å². The Kier molecular flexibility index (Phi) is 5.13. The van der Waals surface area contributed by atoms with Crippen molar-refractivity contribution in [2.24, 2.45) is 0 Å². The molecule has 0 saturated carbocycles. The number of rotatable bonds is 4. The second-order valence-corrected chi connectivity index (χ2v) is 8.20. The molecule has 0 unspecified atom stereocenters. The Morgan fingerprint density at radius 2 is 1.96 bits per heavy atom. The van der Waals surface area contributed by atoms with Crippen LogP contribution in [0.3, 0.4) is 0 Å². The minimum Gasteiger partial charge on any atom is -0.344 e. The van der Waals surface area contributed by atoms with Crippen LogP contribution in [-0.4, -0.2) is 40.7 Å². The molecule has 3 aromatic rings. The van der Waals surface area contributed by atoms with Gasteiger partial charge in [-0.05, 0) is 13.0 Å². The number of thiazole rings is 1. The molecule has 1 N–H and O–H groups in total. The molecule has 27 heavy (non-hydrogen) atoms. The third kappa shape index (κ3) is 3.64. The first-order valence-corrected chi connectivity index (χ1v) is 9.57. The van der Waals surface area contributed by atoms with Gasteiger partial charge in [-0.2, -0.15) is 0 Å². The minimum atomic E-state index is -0.506. The number of carbonyl (C=O) groups excluding carboxylic acids is 2. The van der Waals surface area contributed by atoms with Gasteiger partial charge in [-0.25, -0.2) is 4.98 Å². The maximum atomic E-state index is 12.6. The fourth-order valence-corrected chi connectivity index (χ4v) is 4.75. The van der Waals surface area contributed by atoms with Crippen molar-refractivity contribution in [3.8, 4) is 0 Å². The van der Waals surface area contributed by atoms with E-state index in [0.29, 0.717) is 20.7 Å². The Morgan fingerprint density at radius 3 is 2.59 bits per heavy atom. The zero-order chi connectivity index (χ0) is 19.9. The average Bonchev–Trinajstić information content (AvgIpc) is 3.13. The molecule has 0 aliphatic heterocycles. The van der Waals surface area contributed by atoms with Crippen LogP contribution in [0.25, 0.3) is 10.1 Å². The standard InChI is InChI=1S/C16H13ClN4O4S2/c1-7-12(15(23)20(2)3)27-16(18-7)19-14(22)13-11(17)9-5-4-8(21(24)25)6-10(9)26-13/h4-6H,1-3H3,(H,18,19,22). The molecule has 2 aromatic heterocycles. The van der Waals surface area contributed by atoms with E-state index < -0.39 is 10.8 Å². The van der Waals surface area contributed by atoms with E-state index in [0.717, 1.165) is 22.7 Å². The fraction of sp³-hybridized carbons (Fsp3) is 0.188. The molecule has 0 bridgehead atoms. The molecule has 0 aliphatic carbocycles. The molecule has 2 heterocycles. The second-order valence-electron chi connectivity index (χ2n) is 5.77. The normalized spacial score (nSPS) is 10.8. The lowest BCUT2D eigenvalue weighted by molar-refractivity contribution is -0.384. The highest BCUT2D eigenvalue weighted by molar-refractivity contribution is 7.22. The number of aromatic nitrogens is 1. The molecule has 2 amide bonds. The van der Waals surface area contributed by atoms with Crippen LogP contribution < -0.4 is 5.32 Å². The lowest BCUT2D eigenvalue weighted by atomic mass is 10.2. The summed E-state index contributed by atoms with van der Waals surface area (Å²) >= 11 is 8.41. The molecular weight excluding hydrogens is 412 g/mol. The van der Waals surface area contributed by atoms with Gasteiger partial charge in [0.25, 0.3) is 17.5 Å². The van der Waals surface area contributed by atoms with Crippen LogP contribution in [0.2, 0.25) is 5.02 Å². The predicted octanol–water partition coefficient (Wildman–Crippen LogP) is 4.18. The first-order chi connectivity index (χ1) is 12.7. The van der Waals surface area contributed by atoms with Crippen molar-refractivity contribution >= 4 is 67.0 Å². The number of nitrogens with zero attached hydrogens (tertiary/aromatic N) is 3. The number of non-ortho nitro benzene ring substituents is 1. The number of anilines is 1. The minimum absolute atomic E-state index is 0.0743. The Hall–Kier alpha value is -2.56. The van der Waals surface area contributed by atoms with Crippen LogP contribution in [0, 0.1) is 17.0 Å². The Balaban J connectivity index is 1.91. The summed E-state index contributed by atoms with van der Waals surface area (Å²) in [6.07, 6.45) is 0. The van der Waals surface area contributed by atoms with Gasteiger partial charge in [-0.15, -0.1) is 11.3 Å². The third-order valence-corrected chi connectivity index (χ3v) is 6.36. The zero-order valence-electron chi connectivity index (χ0n) is 14.4. The van der Waals surface area contributed by atoms with Crippen molar-refractivity contribution in [2.75, 3.05) is 19.4 Å². The summed E-state index contributed by atoms with van der Waals surface area (Å²) in [7, 11) is 3.27. The third-order valence-electron chi connectivity index (χ3n) is 3.65. The van der Waals surface area contributed by atoms with Gasteiger partial charge in [-0.3, -0.25) is 25.0 Å². The van der Waals surface area contributed by atoms with Crippen LogP contribution in [0.15, 0.2) is 18.2 Å². The van der Waals surface area contributed by atoms with Crippen molar-refractivity contribution < 1.29 is 14.5 Å². The van der Waals surface area contributed by atoms with Gasteiger partial charge in [0, 0.05) is 36.3 Å². The number of amides is 2. The van der Waals surface area contributed by atoms with Gasteiger partial charge in [0.05, 0.1) is 15.6 Å². The number of nitrogens with one attached hydrogen (secondary N) is 1. The molecule has 140 valence electrons. The molecule has 0 saturated heterocycles. The van der Waals surface area contributed by atoms with Crippen LogP contribution >= 0.6 is 34.3 Å². The number of benzene rings is 1. The van der Waals surface area contributed by atoms with Crippen LogP contribution in [0.5, 0.6) is 0 Å². The van der Waals surface area contributed by atoms with E-state index in [1.54, 1.807) is 21.0 Å². The van der Waals surface area contributed by atoms with Gasteiger partial charge >= 0.3 is 0 Å². The van der Waals surface area contributed by atoms with Gasteiger partial charge in [0.1, 0.15) is 9.75 Å². The number of hydrogen-bond donors (Lipinski definition) is 1. The first kappa shape index (κ1) is 19.2. The SMILES string of the molecule is Cc1nc(NC(=O)c2sc3cc([N+](=O)[O-])ccc3c2Cl)sc1C(=O)N(C)C. The zero-order valence-corrected chi connectivity index (χ0v) is 16.8. The highest BCUT2D eigenvalue weighted by Crippen LogP contribution is 2.37. The monoisotopic (exact) mass is 424 g/mol. The average molecular weight is 425 g/mol. The Morgan fingerprint density at radius 1 is 1.26 bits per heavy atom. The molecular formula is C16H13ClN4O4S2. The summed E-state index contributed by atoms with van der Waals surface area (Å²) in [5.74, 6) is -0.681. The van der Waals surface area contributed by atoms with E-state index in [4.69, 9.17) is 11.6 Å². The number of aryl methyl sites for hydroxylation is 1. The second kappa shape index (κ2) is 7.22. The maximum absolute atomic E-state index is 12.6. The molecule has 0 spiro atoms. The number of carbonyl (C=O) groups is 2. The van der Waals surface area contributed by atoms with Crippen molar-refractivity contribution in [1.29, 1.82) is 0 Å². The molecule has 3 rings (SSSR count). The summed E-state index contributed by atoms with van der Waals surface area (Å²) < 4.78 is 0.540. The van der Waals surface area contributed by atoms with Crippen molar-refractivity contribution in [2.45, 2.75) is 6.92 Å². The lowest BCUT2D eigenvalue weighted by Gasteiger charge is -2.07. The highest BCUT2D eigenvalue weighted by Gasteiger charge is 2.22. The number of halogens is 1. The molecule has 1 aromatic carbocycles. The predicted molar refractivity (Wildman–Crippen MR) is 106 cm³/mol. The fourth-order valence-electron chi connectivity index (χ4n) is 2.32. The first-order valence-electron chi connectivity index (χ1n) is 7.56. The highest BCUT2D eigenvalue weighted by atomic mass is 35.5. The van der Waals surface area contributed by atoms with Crippen LogP contribution in [0.4, 0.5) is 10.8 Å². The molecule has 8 nitrogen and oxygen atoms in total.